The highest BCUT2D eigenvalue weighted by molar-refractivity contribution is 7.98. The minimum atomic E-state index is -0.271. The van der Waals surface area contributed by atoms with Crippen molar-refractivity contribution < 1.29 is 4.39 Å². The lowest BCUT2D eigenvalue weighted by atomic mass is 10.2. The molecule has 8 heteroatoms. The summed E-state index contributed by atoms with van der Waals surface area (Å²) < 4.78 is 16.9. The van der Waals surface area contributed by atoms with E-state index in [0.717, 1.165) is 22.1 Å². The number of pyridine rings is 1. The Morgan fingerprint density at radius 2 is 1.88 bits per heavy atom. The molecule has 1 aromatic carbocycles. The molecule has 4 rings (SSSR count). The number of benzene rings is 1. The topological polar surface area (TPSA) is 48.0 Å². The summed E-state index contributed by atoms with van der Waals surface area (Å²) in [6.07, 6.45) is 3.78. The number of halogens is 2. The predicted octanol–water partition coefficient (Wildman–Crippen LogP) is 4.21. The quantitative estimate of drug-likeness (QED) is 0.503. The molecule has 126 valence electrons. The molecular formula is C17H13ClFN5S. The largest absolute Gasteiger partial charge is 0.305 e. The van der Waals surface area contributed by atoms with Crippen LogP contribution in [0.3, 0.4) is 0 Å². The van der Waals surface area contributed by atoms with Gasteiger partial charge in [-0.05, 0) is 36.4 Å². The summed E-state index contributed by atoms with van der Waals surface area (Å²) in [4.78, 5) is 4.56. The van der Waals surface area contributed by atoms with Gasteiger partial charge in [-0.15, -0.1) is 10.2 Å². The maximum absolute atomic E-state index is 13.1. The van der Waals surface area contributed by atoms with Crippen LogP contribution in [0.5, 0.6) is 0 Å². The molecule has 3 heterocycles. The summed E-state index contributed by atoms with van der Waals surface area (Å²) in [6, 6.07) is 9.92. The number of nitrogens with zero attached hydrogens (tertiary/aromatic N) is 5. The highest BCUT2D eigenvalue weighted by Crippen LogP contribution is 2.25. The second-order valence-electron chi connectivity index (χ2n) is 5.51. The molecule has 0 aliphatic carbocycles. The molecule has 0 unspecified atom stereocenters. The molecule has 0 radical (unpaired) electrons. The van der Waals surface area contributed by atoms with Gasteiger partial charge in [-0.3, -0.25) is 0 Å². The van der Waals surface area contributed by atoms with Crippen molar-refractivity contribution in [3.05, 3.63) is 65.3 Å². The maximum Gasteiger partial charge on any atom is 0.191 e. The lowest BCUT2D eigenvalue weighted by Gasteiger charge is -2.03. The Hall–Kier alpha value is -2.38. The van der Waals surface area contributed by atoms with Crippen LogP contribution < -0.4 is 0 Å². The number of hydrogen-bond donors (Lipinski definition) is 0. The Balaban J connectivity index is 1.53. The van der Waals surface area contributed by atoms with E-state index in [1.807, 2.05) is 40.5 Å². The molecule has 0 N–H and O–H groups in total. The zero-order valence-electron chi connectivity index (χ0n) is 13.2. The van der Waals surface area contributed by atoms with E-state index < -0.39 is 0 Å². The molecule has 4 aromatic rings. The van der Waals surface area contributed by atoms with Gasteiger partial charge in [0.15, 0.2) is 11.0 Å². The molecule has 0 bridgehead atoms. The average molecular weight is 374 g/mol. The van der Waals surface area contributed by atoms with E-state index in [1.54, 1.807) is 23.9 Å². The van der Waals surface area contributed by atoms with E-state index in [0.29, 0.717) is 16.6 Å². The monoisotopic (exact) mass is 373 g/mol. The van der Waals surface area contributed by atoms with E-state index in [-0.39, 0.29) is 5.82 Å². The molecule has 0 saturated heterocycles. The molecule has 0 aliphatic heterocycles. The van der Waals surface area contributed by atoms with Gasteiger partial charge in [0, 0.05) is 30.8 Å². The molecule has 0 saturated carbocycles. The number of aromatic nitrogens is 5. The van der Waals surface area contributed by atoms with E-state index in [2.05, 4.69) is 15.2 Å². The fourth-order valence-electron chi connectivity index (χ4n) is 2.52. The van der Waals surface area contributed by atoms with Crippen molar-refractivity contribution in [2.45, 2.75) is 10.9 Å². The first-order valence-corrected chi connectivity index (χ1v) is 8.88. The van der Waals surface area contributed by atoms with E-state index >= 15 is 0 Å². The fraction of sp³-hybridized carbons (Fsp3) is 0.118. The first kappa shape index (κ1) is 16.1. The van der Waals surface area contributed by atoms with Gasteiger partial charge in [-0.1, -0.05) is 23.4 Å². The predicted molar refractivity (Wildman–Crippen MR) is 96.2 cm³/mol. The number of hydrogen-bond acceptors (Lipinski definition) is 4. The van der Waals surface area contributed by atoms with Gasteiger partial charge < -0.3 is 8.97 Å². The molecule has 0 amide bonds. The SMILES string of the molecule is Cn1c(SCc2cn3cc(Cl)ccc3n2)nnc1-c1ccc(F)cc1. The van der Waals surface area contributed by atoms with E-state index in [9.17, 15) is 4.39 Å². The highest BCUT2D eigenvalue weighted by atomic mass is 35.5. The van der Waals surface area contributed by atoms with Gasteiger partial charge in [0.05, 0.1) is 10.7 Å². The summed E-state index contributed by atoms with van der Waals surface area (Å²) in [5.41, 5.74) is 2.61. The van der Waals surface area contributed by atoms with Crippen LogP contribution in [-0.4, -0.2) is 24.1 Å². The van der Waals surface area contributed by atoms with Gasteiger partial charge in [0.2, 0.25) is 0 Å². The van der Waals surface area contributed by atoms with Gasteiger partial charge in [-0.2, -0.15) is 0 Å². The summed E-state index contributed by atoms with van der Waals surface area (Å²) in [5, 5.41) is 9.87. The van der Waals surface area contributed by atoms with Gasteiger partial charge in [0.25, 0.3) is 0 Å². The van der Waals surface area contributed by atoms with Crippen molar-refractivity contribution in [1.29, 1.82) is 0 Å². The average Bonchev–Trinajstić information content (AvgIpc) is 3.16. The smallest absolute Gasteiger partial charge is 0.191 e. The number of thioether (sulfide) groups is 1. The summed E-state index contributed by atoms with van der Waals surface area (Å²) in [7, 11) is 1.89. The van der Waals surface area contributed by atoms with Crippen molar-refractivity contribution in [3.8, 4) is 11.4 Å². The van der Waals surface area contributed by atoms with E-state index in [4.69, 9.17) is 11.6 Å². The summed E-state index contributed by atoms with van der Waals surface area (Å²) in [5.74, 6) is 1.09. The van der Waals surface area contributed by atoms with Crippen LogP contribution in [0.1, 0.15) is 5.69 Å². The Bertz CT molecular complexity index is 1040. The van der Waals surface area contributed by atoms with Crippen LogP contribution in [0.2, 0.25) is 5.02 Å². The standard InChI is InChI=1S/C17H13ClFN5S/c1-23-16(11-2-5-13(19)6-3-11)21-22-17(23)25-10-14-9-24-8-12(18)4-7-15(24)20-14/h2-9H,10H2,1H3. The Morgan fingerprint density at radius 3 is 2.68 bits per heavy atom. The second-order valence-corrected chi connectivity index (χ2v) is 6.88. The molecule has 0 spiro atoms. The van der Waals surface area contributed by atoms with Gasteiger partial charge in [0.1, 0.15) is 11.5 Å². The normalized spacial score (nSPS) is 11.3. The van der Waals surface area contributed by atoms with Gasteiger partial charge in [-0.25, -0.2) is 9.37 Å². The number of imidazole rings is 1. The molecule has 0 fully saturated rings. The molecule has 25 heavy (non-hydrogen) atoms. The van der Waals surface area contributed by atoms with Crippen molar-refractivity contribution >= 4 is 29.0 Å². The van der Waals surface area contributed by atoms with Crippen LogP contribution in [0, 0.1) is 5.82 Å². The second kappa shape index (κ2) is 6.50. The Kier molecular flexibility index (Phi) is 4.19. The van der Waals surface area contributed by atoms with Crippen molar-refractivity contribution in [2.24, 2.45) is 7.05 Å². The minimum Gasteiger partial charge on any atom is -0.305 e. The number of fused-ring (bicyclic) bond motifs is 1. The minimum absolute atomic E-state index is 0.271. The Labute approximate surface area is 152 Å². The third-order valence-corrected chi connectivity index (χ3v) is 5.03. The molecule has 3 aromatic heterocycles. The lowest BCUT2D eigenvalue weighted by molar-refractivity contribution is 0.628. The first-order chi connectivity index (χ1) is 12.1. The molecule has 5 nitrogen and oxygen atoms in total. The van der Waals surface area contributed by atoms with Crippen molar-refractivity contribution in [3.63, 3.8) is 0 Å². The van der Waals surface area contributed by atoms with Crippen molar-refractivity contribution in [1.82, 2.24) is 24.1 Å². The van der Waals surface area contributed by atoms with Crippen LogP contribution in [0.15, 0.2) is 53.9 Å². The van der Waals surface area contributed by atoms with E-state index in [1.165, 1.54) is 12.1 Å². The summed E-state index contributed by atoms with van der Waals surface area (Å²) >= 11 is 7.54. The third kappa shape index (κ3) is 3.25. The highest BCUT2D eigenvalue weighted by Gasteiger charge is 2.12. The van der Waals surface area contributed by atoms with Gasteiger partial charge >= 0.3 is 0 Å². The zero-order valence-corrected chi connectivity index (χ0v) is 14.8. The lowest BCUT2D eigenvalue weighted by Crippen LogP contribution is -1.95. The van der Waals surface area contributed by atoms with Crippen LogP contribution in [0.4, 0.5) is 4.39 Å². The van der Waals surface area contributed by atoms with Crippen LogP contribution in [-0.2, 0) is 12.8 Å². The Morgan fingerprint density at radius 1 is 1.08 bits per heavy atom. The zero-order chi connectivity index (χ0) is 17.4. The maximum atomic E-state index is 13.1. The molecule has 0 atom stereocenters. The third-order valence-electron chi connectivity index (χ3n) is 3.75. The summed E-state index contributed by atoms with van der Waals surface area (Å²) in [6.45, 7) is 0. The fourth-order valence-corrected chi connectivity index (χ4v) is 3.48. The molecular weight excluding hydrogens is 361 g/mol. The number of rotatable bonds is 4. The van der Waals surface area contributed by atoms with Crippen LogP contribution in [0.25, 0.3) is 17.0 Å². The van der Waals surface area contributed by atoms with Crippen molar-refractivity contribution in [2.75, 3.05) is 0 Å². The first-order valence-electron chi connectivity index (χ1n) is 7.51. The van der Waals surface area contributed by atoms with Crippen LogP contribution >= 0.6 is 23.4 Å². The molecule has 0 aliphatic rings.